The van der Waals surface area contributed by atoms with Gasteiger partial charge in [-0.05, 0) is 106 Å². The molecule has 8 aliphatic carbocycles. The van der Waals surface area contributed by atoms with Crippen molar-refractivity contribution >= 4 is 0 Å². The van der Waals surface area contributed by atoms with E-state index in [0.717, 1.165) is 12.8 Å². The molecule has 53 heavy (non-hydrogen) atoms. The standard InChI is InChI=1S/C49H60N2O2/c1-7-23-39-31(15-1)32-16-2-8-24-40(32)50(39)43-27-13-21-37-47(43)53-48-38(49(37)35-19-5-11-29-45(35)52-46-30-12-6-20-36(46)49)22-14-28-44(48)51-41-25-9-3-17-33(41)34-18-4-10-26-42(34)51/h1-3,7,9-10,15-17,22-23,25-27,31,33-37,39,41-42,44-48H,4-6,8,11-14,18-21,24,28-30H2. The topological polar surface area (TPSA) is 24.9 Å². The zero-order valence-electron chi connectivity index (χ0n) is 31.7. The Bertz CT molecular complexity index is 1770. The highest BCUT2D eigenvalue weighted by molar-refractivity contribution is 5.48. The van der Waals surface area contributed by atoms with Gasteiger partial charge in [0.25, 0.3) is 0 Å². The van der Waals surface area contributed by atoms with E-state index in [-0.39, 0.29) is 17.6 Å². The number of fused-ring (bicyclic) bond motifs is 13. The van der Waals surface area contributed by atoms with Gasteiger partial charge >= 0.3 is 0 Å². The van der Waals surface area contributed by atoms with Crippen molar-refractivity contribution in [3.8, 4) is 0 Å². The van der Waals surface area contributed by atoms with Crippen LogP contribution >= 0.6 is 0 Å². The molecule has 4 aliphatic heterocycles. The summed E-state index contributed by atoms with van der Waals surface area (Å²) in [6, 6.07) is 1.75. The Balaban J connectivity index is 1.03. The summed E-state index contributed by atoms with van der Waals surface area (Å²) >= 11 is 0. The molecule has 0 aromatic rings. The fraction of sp³-hybridized carbons (Fsp3) is 0.633. The predicted molar refractivity (Wildman–Crippen MR) is 211 cm³/mol. The van der Waals surface area contributed by atoms with Gasteiger partial charge in [0, 0.05) is 52.7 Å². The molecule has 0 aromatic carbocycles. The maximum absolute atomic E-state index is 8.14. The molecular formula is C49H60N2O2. The quantitative estimate of drug-likeness (QED) is 0.267. The third-order valence-electron chi connectivity index (χ3n) is 17.0. The lowest BCUT2D eigenvalue weighted by molar-refractivity contribution is -0.255. The molecule has 12 rings (SSSR count). The van der Waals surface area contributed by atoms with Crippen molar-refractivity contribution in [2.24, 2.45) is 40.9 Å². The normalized spacial score (nSPS) is 48.9. The van der Waals surface area contributed by atoms with Crippen LogP contribution in [-0.4, -0.2) is 58.4 Å². The zero-order chi connectivity index (χ0) is 34.7. The largest absolute Gasteiger partial charge is 0.374 e. The molecule has 14 unspecified atom stereocenters. The Morgan fingerprint density at radius 3 is 2.25 bits per heavy atom. The molecule has 5 fully saturated rings. The summed E-state index contributed by atoms with van der Waals surface area (Å²) in [6.07, 6.45) is 56.3. The lowest BCUT2D eigenvalue weighted by Crippen LogP contribution is -2.69. The minimum Gasteiger partial charge on any atom is -0.374 e. The van der Waals surface area contributed by atoms with Crippen LogP contribution in [0.15, 0.2) is 108 Å². The number of hydrogen-bond acceptors (Lipinski definition) is 4. The average Bonchev–Trinajstić information content (AvgIpc) is 3.73. The van der Waals surface area contributed by atoms with Crippen molar-refractivity contribution < 1.29 is 9.47 Å². The van der Waals surface area contributed by atoms with Crippen LogP contribution in [0.1, 0.15) is 103 Å². The van der Waals surface area contributed by atoms with Gasteiger partial charge in [0.15, 0.2) is 0 Å². The van der Waals surface area contributed by atoms with Crippen molar-refractivity contribution in [2.75, 3.05) is 0 Å². The summed E-state index contributed by atoms with van der Waals surface area (Å²) in [6.45, 7) is 0. The number of likely N-dealkylation sites (tertiary alicyclic amines) is 1. The van der Waals surface area contributed by atoms with Gasteiger partial charge in [-0.25, -0.2) is 0 Å². The molecule has 12 aliphatic rings. The van der Waals surface area contributed by atoms with Crippen molar-refractivity contribution in [1.82, 2.24) is 9.80 Å². The molecule has 1 spiro atoms. The first-order valence-corrected chi connectivity index (χ1v) is 22.4. The van der Waals surface area contributed by atoms with E-state index in [1.165, 1.54) is 95.6 Å². The number of nitrogens with zero attached hydrogens (tertiary/aromatic N) is 2. The second-order valence-corrected chi connectivity index (χ2v) is 19.0. The van der Waals surface area contributed by atoms with E-state index < -0.39 is 0 Å². The SMILES string of the molecule is C1=CC2C3=C(CCC=C3)N(C3=CCCC4C3OC3C(=CCCC3N3C5C=CC=CC5C5CCC=CC53)C43C4CCCCC4OC4CCCCC43)C2C=C1. The molecule has 0 amide bonds. The van der Waals surface area contributed by atoms with Crippen LogP contribution in [0.25, 0.3) is 0 Å². The van der Waals surface area contributed by atoms with Crippen molar-refractivity contribution in [3.63, 3.8) is 0 Å². The van der Waals surface area contributed by atoms with Crippen LogP contribution in [0.2, 0.25) is 0 Å². The monoisotopic (exact) mass is 708 g/mol. The summed E-state index contributed by atoms with van der Waals surface area (Å²) in [5.41, 5.74) is 6.60. The highest BCUT2D eigenvalue weighted by atomic mass is 16.5. The summed E-state index contributed by atoms with van der Waals surface area (Å²) < 4.78 is 15.5. The van der Waals surface area contributed by atoms with Gasteiger partial charge in [0.05, 0.1) is 24.4 Å². The molecule has 0 bridgehead atoms. The van der Waals surface area contributed by atoms with Gasteiger partial charge in [0.2, 0.25) is 0 Å². The summed E-state index contributed by atoms with van der Waals surface area (Å²) in [5.74, 6) is 3.51. The summed E-state index contributed by atoms with van der Waals surface area (Å²) in [7, 11) is 0. The Hall–Kier alpha value is -2.66. The molecule has 4 heterocycles. The van der Waals surface area contributed by atoms with Gasteiger partial charge in [-0.15, -0.1) is 0 Å². The lowest BCUT2D eigenvalue weighted by Gasteiger charge is -2.68. The van der Waals surface area contributed by atoms with Crippen LogP contribution in [0.4, 0.5) is 0 Å². The number of rotatable bonds is 2. The van der Waals surface area contributed by atoms with E-state index in [2.05, 4.69) is 94.9 Å². The molecule has 0 N–H and O–H groups in total. The smallest absolute Gasteiger partial charge is 0.102 e. The molecular weight excluding hydrogens is 649 g/mol. The van der Waals surface area contributed by atoms with Gasteiger partial charge in [0.1, 0.15) is 6.10 Å². The van der Waals surface area contributed by atoms with Crippen molar-refractivity contribution in [3.05, 3.63) is 108 Å². The Labute approximate surface area is 318 Å². The maximum atomic E-state index is 8.14. The van der Waals surface area contributed by atoms with E-state index >= 15 is 0 Å². The van der Waals surface area contributed by atoms with E-state index in [0.29, 0.717) is 71.9 Å². The van der Waals surface area contributed by atoms with Gasteiger partial charge in [-0.1, -0.05) is 111 Å². The van der Waals surface area contributed by atoms with E-state index in [1.54, 1.807) is 16.8 Å². The van der Waals surface area contributed by atoms with Crippen LogP contribution in [0.5, 0.6) is 0 Å². The first kappa shape index (κ1) is 32.6. The third-order valence-corrected chi connectivity index (χ3v) is 17.0. The summed E-state index contributed by atoms with van der Waals surface area (Å²) in [4.78, 5) is 5.89. The molecule has 2 saturated carbocycles. The molecule has 4 nitrogen and oxygen atoms in total. The van der Waals surface area contributed by atoms with Crippen LogP contribution < -0.4 is 0 Å². The number of hydrogen-bond donors (Lipinski definition) is 0. The first-order chi connectivity index (χ1) is 26.3. The molecule has 278 valence electrons. The maximum Gasteiger partial charge on any atom is 0.102 e. The number of ether oxygens (including phenoxy) is 2. The van der Waals surface area contributed by atoms with Gasteiger partial charge < -0.3 is 14.4 Å². The predicted octanol–water partition coefficient (Wildman–Crippen LogP) is 10.1. The second-order valence-electron chi connectivity index (χ2n) is 19.0. The molecule has 0 aromatic heterocycles. The zero-order valence-corrected chi connectivity index (χ0v) is 31.7. The molecule has 3 saturated heterocycles. The fourth-order valence-corrected chi connectivity index (χ4v) is 15.4. The second kappa shape index (κ2) is 12.7. The van der Waals surface area contributed by atoms with Crippen molar-refractivity contribution in [1.29, 1.82) is 0 Å². The summed E-state index contributed by atoms with van der Waals surface area (Å²) in [5, 5.41) is 0. The Morgan fingerprint density at radius 2 is 1.38 bits per heavy atom. The van der Waals surface area contributed by atoms with Gasteiger partial charge in [-0.3, -0.25) is 4.90 Å². The molecule has 14 atom stereocenters. The minimum atomic E-state index is 0.130. The molecule has 0 radical (unpaired) electrons. The average molecular weight is 709 g/mol. The van der Waals surface area contributed by atoms with Crippen molar-refractivity contribution in [2.45, 2.75) is 151 Å². The molecule has 4 heteroatoms. The van der Waals surface area contributed by atoms with E-state index in [9.17, 15) is 0 Å². The highest BCUT2D eigenvalue weighted by Crippen LogP contribution is 2.68. The fourth-order valence-electron chi connectivity index (χ4n) is 15.4. The highest BCUT2D eigenvalue weighted by Gasteiger charge is 2.68. The third kappa shape index (κ3) is 4.58. The Kier molecular flexibility index (Phi) is 7.79. The van der Waals surface area contributed by atoms with Gasteiger partial charge in [-0.2, -0.15) is 0 Å². The first-order valence-electron chi connectivity index (χ1n) is 22.4. The van der Waals surface area contributed by atoms with Crippen LogP contribution in [-0.2, 0) is 9.47 Å². The lowest BCUT2D eigenvalue weighted by atomic mass is 9.44. The Morgan fingerprint density at radius 1 is 0.604 bits per heavy atom. The number of allylic oxidation sites excluding steroid dienone is 10. The van der Waals surface area contributed by atoms with E-state index in [4.69, 9.17) is 9.47 Å². The van der Waals surface area contributed by atoms with Crippen LogP contribution in [0.3, 0.4) is 0 Å². The van der Waals surface area contributed by atoms with E-state index in [1.807, 2.05) is 0 Å². The van der Waals surface area contributed by atoms with Crippen LogP contribution in [0, 0.1) is 40.9 Å². The minimum absolute atomic E-state index is 0.130.